The van der Waals surface area contributed by atoms with Crippen LogP contribution in [-0.4, -0.2) is 54.8 Å². The van der Waals surface area contributed by atoms with Gasteiger partial charge in [0.15, 0.2) is 0 Å². The smallest absolute Gasteiger partial charge is 0.244 e. The zero-order valence-corrected chi connectivity index (χ0v) is 8.50. The van der Waals surface area contributed by atoms with Crippen molar-refractivity contribution in [3.05, 3.63) is 6.33 Å². The minimum atomic E-state index is -0.754. The number of β-amino-alcohol motifs (C(OH)–C–C–N with tert-alkyl or cyclic N) is 1. The van der Waals surface area contributed by atoms with E-state index in [1.165, 1.54) is 11.0 Å². The number of aromatic nitrogens is 4. The molecule has 2 rings (SSSR count). The first-order chi connectivity index (χ1) is 7.07. The zero-order chi connectivity index (χ0) is 10.9. The predicted octanol–water partition coefficient (Wildman–Crippen LogP) is -1.34. The molecule has 7 nitrogen and oxygen atoms in total. The second-order valence-electron chi connectivity index (χ2n) is 4.07. The molecule has 15 heavy (non-hydrogen) atoms. The normalized spacial score (nSPS) is 25.9. The van der Waals surface area contributed by atoms with Gasteiger partial charge in [0.2, 0.25) is 5.91 Å². The minimum Gasteiger partial charge on any atom is -0.388 e. The summed E-state index contributed by atoms with van der Waals surface area (Å²) in [6.45, 7) is 2.84. The topological polar surface area (TPSA) is 84.1 Å². The highest BCUT2D eigenvalue weighted by molar-refractivity contribution is 5.76. The molecule has 0 aromatic carbocycles. The molecule has 1 atom stereocenters. The SMILES string of the molecule is CC1(O)CCN(C(=O)Cn2cnnn2)C1. The lowest BCUT2D eigenvalue weighted by molar-refractivity contribution is -0.131. The maximum absolute atomic E-state index is 11.7. The van der Waals surface area contributed by atoms with Crippen LogP contribution in [0.1, 0.15) is 13.3 Å². The summed E-state index contributed by atoms with van der Waals surface area (Å²) in [5.41, 5.74) is -0.754. The Bertz CT molecular complexity index is 348. The van der Waals surface area contributed by atoms with Gasteiger partial charge in [-0.2, -0.15) is 0 Å². The third kappa shape index (κ3) is 2.30. The summed E-state index contributed by atoms with van der Waals surface area (Å²) >= 11 is 0. The Morgan fingerprint density at radius 1 is 1.67 bits per heavy atom. The number of hydrogen-bond donors (Lipinski definition) is 1. The van der Waals surface area contributed by atoms with Gasteiger partial charge in [0.05, 0.1) is 5.60 Å². The van der Waals surface area contributed by atoms with Crippen LogP contribution in [0.4, 0.5) is 0 Å². The standard InChI is InChI=1S/C8H13N5O2/c1-8(15)2-3-12(5-8)7(14)4-13-6-9-10-11-13/h6,15H,2-5H2,1H3. The number of hydrogen-bond acceptors (Lipinski definition) is 5. The van der Waals surface area contributed by atoms with E-state index in [2.05, 4.69) is 15.5 Å². The molecule has 1 unspecified atom stereocenters. The zero-order valence-electron chi connectivity index (χ0n) is 8.50. The highest BCUT2D eigenvalue weighted by Gasteiger charge is 2.33. The van der Waals surface area contributed by atoms with Crippen LogP contribution in [0.3, 0.4) is 0 Å². The first-order valence-corrected chi connectivity index (χ1v) is 4.78. The Hall–Kier alpha value is -1.50. The maximum Gasteiger partial charge on any atom is 0.244 e. The summed E-state index contributed by atoms with van der Waals surface area (Å²) in [7, 11) is 0. The van der Waals surface area contributed by atoms with Crippen LogP contribution >= 0.6 is 0 Å². The van der Waals surface area contributed by atoms with Gasteiger partial charge in [0.1, 0.15) is 12.9 Å². The Morgan fingerprint density at radius 3 is 3.00 bits per heavy atom. The number of carbonyl (C=O) groups is 1. The molecule has 1 aliphatic rings. The molecule has 1 saturated heterocycles. The number of tetrazole rings is 1. The van der Waals surface area contributed by atoms with E-state index >= 15 is 0 Å². The van der Waals surface area contributed by atoms with E-state index in [9.17, 15) is 9.90 Å². The Labute approximate surface area is 86.7 Å². The van der Waals surface area contributed by atoms with Crippen molar-refractivity contribution >= 4 is 5.91 Å². The second kappa shape index (κ2) is 3.58. The number of amides is 1. The monoisotopic (exact) mass is 211 g/mol. The van der Waals surface area contributed by atoms with Crippen molar-refractivity contribution in [2.75, 3.05) is 13.1 Å². The van der Waals surface area contributed by atoms with E-state index in [4.69, 9.17) is 0 Å². The molecule has 1 amide bonds. The Kier molecular flexibility index (Phi) is 2.39. The minimum absolute atomic E-state index is 0.0694. The number of nitrogens with zero attached hydrogens (tertiary/aromatic N) is 5. The molecule has 1 N–H and O–H groups in total. The molecular weight excluding hydrogens is 198 g/mol. The van der Waals surface area contributed by atoms with E-state index < -0.39 is 5.60 Å². The number of rotatable bonds is 2. The van der Waals surface area contributed by atoms with Gasteiger partial charge in [-0.15, -0.1) is 5.10 Å². The molecule has 1 fully saturated rings. The predicted molar refractivity (Wildman–Crippen MR) is 49.6 cm³/mol. The average molecular weight is 211 g/mol. The highest BCUT2D eigenvalue weighted by Crippen LogP contribution is 2.20. The summed E-state index contributed by atoms with van der Waals surface area (Å²) < 4.78 is 1.37. The molecular formula is C8H13N5O2. The van der Waals surface area contributed by atoms with Crippen LogP contribution in [0.25, 0.3) is 0 Å². The second-order valence-corrected chi connectivity index (χ2v) is 4.07. The van der Waals surface area contributed by atoms with Crippen molar-refractivity contribution < 1.29 is 9.90 Å². The van der Waals surface area contributed by atoms with E-state index in [0.29, 0.717) is 19.5 Å². The molecule has 1 aromatic heterocycles. The maximum atomic E-state index is 11.7. The average Bonchev–Trinajstić information content (AvgIpc) is 2.74. The van der Waals surface area contributed by atoms with Crippen molar-refractivity contribution in [1.82, 2.24) is 25.1 Å². The molecule has 0 bridgehead atoms. The van der Waals surface area contributed by atoms with E-state index in [-0.39, 0.29) is 12.5 Å². The number of likely N-dealkylation sites (tertiary alicyclic amines) is 1. The van der Waals surface area contributed by atoms with E-state index in [0.717, 1.165) is 0 Å². The van der Waals surface area contributed by atoms with E-state index in [1.54, 1.807) is 11.8 Å². The van der Waals surface area contributed by atoms with Crippen LogP contribution in [0.2, 0.25) is 0 Å². The van der Waals surface area contributed by atoms with E-state index in [1.807, 2.05) is 0 Å². The van der Waals surface area contributed by atoms with Crippen molar-refractivity contribution in [3.63, 3.8) is 0 Å². The largest absolute Gasteiger partial charge is 0.388 e. The van der Waals surface area contributed by atoms with Gasteiger partial charge >= 0.3 is 0 Å². The van der Waals surface area contributed by atoms with Crippen LogP contribution in [0.5, 0.6) is 0 Å². The molecule has 2 heterocycles. The fourth-order valence-electron chi connectivity index (χ4n) is 1.65. The molecule has 82 valence electrons. The van der Waals surface area contributed by atoms with Gasteiger partial charge < -0.3 is 10.0 Å². The summed E-state index contributed by atoms with van der Waals surface area (Å²) in [5, 5.41) is 20.2. The first kappa shape index (κ1) is 10.0. The molecule has 0 spiro atoms. The molecule has 0 aliphatic carbocycles. The highest BCUT2D eigenvalue weighted by atomic mass is 16.3. The van der Waals surface area contributed by atoms with Crippen LogP contribution in [0, 0.1) is 0 Å². The van der Waals surface area contributed by atoms with Gasteiger partial charge in [-0.3, -0.25) is 4.79 Å². The number of carbonyl (C=O) groups excluding carboxylic acids is 1. The lowest BCUT2D eigenvalue weighted by atomic mass is 10.1. The van der Waals surface area contributed by atoms with Crippen molar-refractivity contribution in [1.29, 1.82) is 0 Å². The molecule has 0 radical (unpaired) electrons. The van der Waals surface area contributed by atoms with Crippen molar-refractivity contribution in [3.8, 4) is 0 Å². The summed E-state index contributed by atoms with van der Waals surface area (Å²) in [6.07, 6.45) is 2.01. The molecule has 0 saturated carbocycles. The fraction of sp³-hybridized carbons (Fsp3) is 0.750. The summed E-state index contributed by atoms with van der Waals surface area (Å²) in [4.78, 5) is 13.3. The third-order valence-corrected chi connectivity index (χ3v) is 2.49. The van der Waals surface area contributed by atoms with Crippen molar-refractivity contribution in [2.24, 2.45) is 0 Å². The Balaban J connectivity index is 1.93. The van der Waals surface area contributed by atoms with Gasteiger partial charge in [0, 0.05) is 13.1 Å². The molecule has 7 heteroatoms. The Morgan fingerprint density at radius 2 is 2.47 bits per heavy atom. The van der Waals surface area contributed by atoms with Gasteiger partial charge in [0.25, 0.3) is 0 Å². The third-order valence-electron chi connectivity index (χ3n) is 2.49. The lowest BCUT2D eigenvalue weighted by Crippen LogP contribution is -2.35. The van der Waals surface area contributed by atoms with Crippen LogP contribution in [-0.2, 0) is 11.3 Å². The quantitative estimate of drug-likeness (QED) is 0.654. The van der Waals surface area contributed by atoms with Gasteiger partial charge in [-0.1, -0.05) is 0 Å². The fourth-order valence-corrected chi connectivity index (χ4v) is 1.65. The first-order valence-electron chi connectivity index (χ1n) is 4.78. The molecule has 1 aromatic rings. The van der Waals surface area contributed by atoms with Crippen LogP contribution < -0.4 is 0 Å². The summed E-state index contributed by atoms with van der Waals surface area (Å²) in [6, 6.07) is 0. The lowest BCUT2D eigenvalue weighted by Gasteiger charge is -2.18. The van der Waals surface area contributed by atoms with Gasteiger partial charge in [-0.25, -0.2) is 4.68 Å². The number of aliphatic hydroxyl groups is 1. The molecule has 1 aliphatic heterocycles. The van der Waals surface area contributed by atoms with Gasteiger partial charge in [-0.05, 0) is 23.8 Å². The van der Waals surface area contributed by atoms with Crippen LogP contribution in [0.15, 0.2) is 6.33 Å². The van der Waals surface area contributed by atoms with Crippen molar-refractivity contribution in [2.45, 2.75) is 25.5 Å². The summed E-state index contributed by atoms with van der Waals surface area (Å²) in [5.74, 6) is -0.0694.